The second kappa shape index (κ2) is 7.32. The maximum Gasteiger partial charge on any atom is 0.125 e. The quantitative estimate of drug-likeness (QED) is 0.603. The van der Waals surface area contributed by atoms with Gasteiger partial charge in [-0.25, -0.2) is 0 Å². The van der Waals surface area contributed by atoms with Gasteiger partial charge in [0, 0.05) is 0 Å². The van der Waals surface area contributed by atoms with E-state index in [0.717, 1.165) is 37.0 Å². The van der Waals surface area contributed by atoms with Gasteiger partial charge in [-0.15, -0.1) is 0 Å². The van der Waals surface area contributed by atoms with Crippen LogP contribution in [0.3, 0.4) is 0 Å². The number of rotatable bonds is 3. The Morgan fingerprint density at radius 2 is 1.64 bits per heavy atom. The van der Waals surface area contributed by atoms with Crippen molar-refractivity contribution < 1.29 is 4.74 Å². The van der Waals surface area contributed by atoms with E-state index in [4.69, 9.17) is 4.74 Å². The number of fused-ring (bicyclic) bond motifs is 1. The summed E-state index contributed by atoms with van der Waals surface area (Å²) in [4.78, 5) is 0. The van der Waals surface area contributed by atoms with Crippen LogP contribution in [-0.2, 0) is 11.2 Å². The highest BCUT2D eigenvalue weighted by molar-refractivity contribution is 5.79. The van der Waals surface area contributed by atoms with Crippen LogP contribution in [0.25, 0.3) is 11.1 Å². The van der Waals surface area contributed by atoms with Crippen molar-refractivity contribution in [2.75, 3.05) is 0 Å². The number of nitrogens with zero attached hydrogens (tertiary/aromatic N) is 1. The summed E-state index contributed by atoms with van der Waals surface area (Å²) in [7, 11) is 0. The van der Waals surface area contributed by atoms with Crippen molar-refractivity contribution in [2.45, 2.75) is 59.5 Å². The summed E-state index contributed by atoms with van der Waals surface area (Å²) in [6, 6.07) is 8.60. The van der Waals surface area contributed by atoms with Crippen LogP contribution in [0, 0.1) is 39.0 Å². The molecule has 0 fully saturated rings. The number of ether oxygens (including phenoxy) is 1. The van der Waals surface area contributed by atoms with Gasteiger partial charge >= 0.3 is 0 Å². The maximum absolute atomic E-state index is 9.31. The van der Waals surface area contributed by atoms with Crippen molar-refractivity contribution >= 4 is 0 Å². The third-order valence-electron chi connectivity index (χ3n) is 6.01. The van der Waals surface area contributed by atoms with Gasteiger partial charge in [-0.05, 0) is 122 Å². The predicted octanol–water partition coefficient (Wildman–Crippen LogP) is 6.70. The minimum absolute atomic E-state index is 0.127. The summed E-state index contributed by atoms with van der Waals surface area (Å²) >= 11 is 0. The van der Waals surface area contributed by atoms with Crippen molar-refractivity contribution in [3.8, 4) is 17.2 Å². The number of hydrogen-bond acceptors (Lipinski definition) is 2. The van der Waals surface area contributed by atoms with E-state index in [9.17, 15) is 5.26 Å². The molecule has 2 heteroatoms. The molecular formula is C26H27NO. The van der Waals surface area contributed by atoms with Gasteiger partial charge in [0.15, 0.2) is 0 Å². The summed E-state index contributed by atoms with van der Waals surface area (Å²) in [5, 5.41) is 9.31. The highest BCUT2D eigenvalue weighted by Crippen LogP contribution is 2.45. The van der Waals surface area contributed by atoms with Gasteiger partial charge in [-0.2, -0.15) is 5.26 Å². The Morgan fingerprint density at radius 1 is 0.929 bits per heavy atom. The van der Waals surface area contributed by atoms with Gasteiger partial charge in [0.25, 0.3) is 0 Å². The number of benzene rings is 2. The van der Waals surface area contributed by atoms with Crippen LogP contribution in [0.1, 0.15) is 64.3 Å². The van der Waals surface area contributed by atoms with Crippen LogP contribution >= 0.6 is 0 Å². The van der Waals surface area contributed by atoms with Gasteiger partial charge in [-0.3, -0.25) is 0 Å². The van der Waals surface area contributed by atoms with E-state index >= 15 is 0 Å². The van der Waals surface area contributed by atoms with Crippen molar-refractivity contribution in [1.82, 2.24) is 0 Å². The zero-order valence-corrected chi connectivity index (χ0v) is 17.2. The average Bonchev–Trinajstić information content (AvgIpc) is 3.08. The molecule has 0 saturated carbocycles. The Hall–Kier alpha value is -2.79. The second-order valence-corrected chi connectivity index (χ2v) is 8.11. The van der Waals surface area contributed by atoms with Crippen LogP contribution in [0.2, 0.25) is 0 Å². The first-order valence-corrected chi connectivity index (χ1v) is 10.2. The summed E-state index contributed by atoms with van der Waals surface area (Å²) in [6.07, 6.45) is 10.9. The van der Waals surface area contributed by atoms with E-state index in [-0.39, 0.29) is 6.10 Å². The summed E-state index contributed by atoms with van der Waals surface area (Å²) < 4.78 is 6.42. The van der Waals surface area contributed by atoms with E-state index in [1.165, 1.54) is 44.5 Å². The Balaban J connectivity index is 1.83. The van der Waals surface area contributed by atoms with E-state index in [1.807, 2.05) is 12.1 Å². The molecule has 142 valence electrons. The fraction of sp³-hybridized carbons (Fsp3) is 0.346. The van der Waals surface area contributed by atoms with Crippen LogP contribution in [-0.4, -0.2) is 0 Å². The first-order chi connectivity index (χ1) is 13.5. The molecule has 0 saturated heterocycles. The Morgan fingerprint density at radius 3 is 2.29 bits per heavy atom. The van der Waals surface area contributed by atoms with Crippen molar-refractivity contribution in [2.24, 2.45) is 0 Å². The molecule has 1 atom stereocenters. The normalized spacial score (nSPS) is 17.8. The molecule has 2 aliphatic carbocycles. The fourth-order valence-corrected chi connectivity index (χ4v) is 4.94. The summed E-state index contributed by atoms with van der Waals surface area (Å²) in [6.45, 7) is 8.66. The van der Waals surface area contributed by atoms with E-state index in [2.05, 4.69) is 58.1 Å². The molecule has 0 aromatic heterocycles. The standard InChI is InChI=1S/C26H27NO/c1-16-12-17(2)26(24-18(3)13-20(15-27)14-19(24)4)22-10-11-23(25(16)22)28-21-8-6-5-7-9-21/h6,8-9,12-14,23H,5,7,10-11H2,1-4H3/t23-/m0/s1. The van der Waals surface area contributed by atoms with Crippen LogP contribution in [0.5, 0.6) is 0 Å². The molecule has 28 heavy (non-hydrogen) atoms. The van der Waals surface area contributed by atoms with Crippen molar-refractivity contribution in [3.05, 3.63) is 81.1 Å². The van der Waals surface area contributed by atoms with E-state index in [0.29, 0.717) is 0 Å². The number of hydrogen-bond donors (Lipinski definition) is 0. The van der Waals surface area contributed by atoms with Gasteiger partial charge in [0.1, 0.15) is 11.9 Å². The number of nitriles is 1. The fourth-order valence-electron chi connectivity index (χ4n) is 4.94. The minimum atomic E-state index is 0.127. The molecule has 0 N–H and O–H groups in total. The third kappa shape index (κ3) is 3.16. The van der Waals surface area contributed by atoms with Gasteiger partial charge < -0.3 is 4.74 Å². The monoisotopic (exact) mass is 369 g/mol. The van der Waals surface area contributed by atoms with Gasteiger partial charge in [-0.1, -0.05) is 12.1 Å². The summed E-state index contributed by atoms with van der Waals surface area (Å²) in [5.74, 6) is 1.01. The first kappa shape index (κ1) is 18.6. The molecule has 2 aromatic carbocycles. The Kier molecular flexibility index (Phi) is 4.85. The maximum atomic E-state index is 9.31. The largest absolute Gasteiger partial charge is 0.486 e. The van der Waals surface area contributed by atoms with Crippen LogP contribution in [0.15, 0.2) is 42.2 Å². The highest BCUT2D eigenvalue weighted by atomic mass is 16.5. The molecule has 0 spiro atoms. The molecule has 0 unspecified atom stereocenters. The van der Waals surface area contributed by atoms with Crippen molar-refractivity contribution in [1.29, 1.82) is 5.26 Å². The third-order valence-corrected chi connectivity index (χ3v) is 6.01. The lowest BCUT2D eigenvalue weighted by Gasteiger charge is -2.22. The number of aryl methyl sites for hydroxylation is 4. The van der Waals surface area contributed by atoms with Gasteiger partial charge in [0.2, 0.25) is 0 Å². The van der Waals surface area contributed by atoms with Crippen molar-refractivity contribution in [3.63, 3.8) is 0 Å². The van der Waals surface area contributed by atoms with Crippen LogP contribution in [0.4, 0.5) is 0 Å². The molecule has 0 bridgehead atoms. The lowest BCUT2D eigenvalue weighted by molar-refractivity contribution is 0.126. The lowest BCUT2D eigenvalue weighted by atomic mass is 9.85. The zero-order chi connectivity index (χ0) is 19.8. The molecule has 4 rings (SSSR count). The predicted molar refractivity (Wildman–Crippen MR) is 114 cm³/mol. The minimum Gasteiger partial charge on any atom is -0.486 e. The van der Waals surface area contributed by atoms with E-state index in [1.54, 1.807) is 0 Å². The second-order valence-electron chi connectivity index (χ2n) is 8.11. The highest BCUT2D eigenvalue weighted by Gasteiger charge is 2.30. The molecule has 0 radical (unpaired) electrons. The smallest absolute Gasteiger partial charge is 0.125 e. The first-order valence-electron chi connectivity index (χ1n) is 10.2. The zero-order valence-electron chi connectivity index (χ0n) is 17.2. The lowest BCUT2D eigenvalue weighted by Crippen LogP contribution is -2.04. The van der Waals surface area contributed by atoms with E-state index < -0.39 is 0 Å². The summed E-state index contributed by atoms with van der Waals surface area (Å²) in [5.41, 5.74) is 11.1. The van der Waals surface area contributed by atoms with Crippen LogP contribution < -0.4 is 0 Å². The topological polar surface area (TPSA) is 33.0 Å². The molecular weight excluding hydrogens is 342 g/mol. The molecule has 2 aliphatic rings. The molecule has 0 heterocycles. The Bertz CT molecular complexity index is 1030. The average molecular weight is 370 g/mol. The molecule has 2 aromatic rings. The molecule has 0 amide bonds. The SMILES string of the molecule is Cc1cc(C#N)cc(C)c1-c1c(C)cc(C)c2c1CC[C@@H]2OC1=CCCC=C1. The Labute approximate surface area is 168 Å². The number of allylic oxidation sites excluding steroid dienone is 3. The van der Waals surface area contributed by atoms with Gasteiger partial charge in [0.05, 0.1) is 11.6 Å². The molecule has 2 nitrogen and oxygen atoms in total. The molecule has 0 aliphatic heterocycles.